The zero-order valence-electron chi connectivity index (χ0n) is 20.1. The summed E-state index contributed by atoms with van der Waals surface area (Å²) in [4.78, 5) is 4.19. The van der Waals surface area contributed by atoms with Crippen LogP contribution in [0.5, 0.6) is 0 Å². The molecule has 0 N–H and O–H groups in total. The van der Waals surface area contributed by atoms with Crippen molar-refractivity contribution in [3.63, 3.8) is 0 Å². The first-order valence-electron chi connectivity index (χ1n) is 11.8. The molecule has 0 bridgehead atoms. The van der Waals surface area contributed by atoms with Crippen LogP contribution in [0.25, 0.3) is 0 Å². The third-order valence-electron chi connectivity index (χ3n) is 6.07. The Labute approximate surface area is 221 Å². The first kappa shape index (κ1) is 30.0. The Hall–Kier alpha value is -2.50. The van der Waals surface area contributed by atoms with Crippen molar-refractivity contribution in [2.75, 3.05) is 0 Å². The molecule has 0 heterocycles. The highest BCUT2D eigenvalue weighted by molar-refractivity contribution is 7.97. The molecule has 0 amide bonds. The van der Waals surface area contributed by atoms with Gasteiger partial charge in [-0.05, 0) is 60.7 Å². The van der Waals surface area contributed by atoms with E-state index < -0.39 is 27.7 Å². The van der Waals surface area contributed by atoms with E-state index in [4.69, 9.17) is 0 Å². The quantitative estimate of drug-likeness (QED) is 0.171. The summed E-state index contributed by atoms with van der Waals surface area (Å²) in [6.45, 7) is 0. The predicted molar refractivity (Wildman–Crippen MR) is 133 cm³/mol. The lowest BCUT2D eigenvalue weighted by Crippen LogP contribution is -2.46. The lowest BCUT2D eigenvalue weighted by atomic mass is 9.84. The Bertz CT molecular complexity index is 1210. The van der Waals surface area contributed by atoms with Crippen LogP contribution in [0.1, 0.15) is 43.6 Å². The van der Waals surface area contributed by atoms with Crippen molar-refractivity contribution in [1.82, 2.24) is 0 Å². The summed E-state index contributed by atoms with van der Waals surface area (Å²) in [5.74, 6) is 0.776. The molecule has 1 saturated carbocycles. The van der Waals surface area contributed by atoms with E-state index >= 15 is 0 Å². The summed E-state index contributed by atoms with van der Waals surface area (Å²) < 4.78 is 97.5. The lowest BCUT2D eigenvalue weighted by molar-refractivity contribution is -0.223. The number of hydrogen-bond acceptors (Lipinski definition) is 3. The highest BCUT2D eigenvalue weighted by atomic mass is 32.2. The van der Waals surface area contributed by atoms with Crippen LogP contribution < -0.4 is 0 Å². The zero-order chi connectivity index (χ0) is 28.0. The van der Waals surface area contributed by atoms with E-state index in [1.54, 1.807) is 0 Å². The van der Waals surface area contributed by atoms with Gasteiger partial charge in [-0.1, -0.05) is 67.8 Å². The lowest BCUT2D eigenvalue weighted by Gasteiger charge is -2.24. The van der Waals surface area contributed by atoms with Gasteiger partial charge in [0.25, 0.3) is 6.17 Å². The number of rotatable bonds is 6. The second kappa shape index (κ2) is 12.6. The van der Waals surface area contributed by atoms with Crippen molar-refractivity contribution in [3.05, 3.63) is 90.5 Å². The van der Waals surface area contributed by atoms with Gasteiger partial charge in [0.1, 0.15) is 0 Å². The van der Waals surface area contributed by atoms with Crippen LogP contribution in [-0.2, 0) is 21.0 Å². The van der Waals surface area contributed by atoms with Gasteiger partial charge >= 0.3 is 11.4 Å². The summed E-state index contributed by atoms with van der Waals surface area (Å²) in [5, 5.41) is -5.99. The molecule has 3 nitrogen and oxygen atoms in total. The predicted octanol–water partition coefficient (Wildman–Crippen LogP) is 7.85. The summed E-state index contributed by atoms with van der Waals surface area (Å²) in [5.41, 5.74) is 1.54. The number of benzene rings is 3. The molecule has 11 heteroatoms. The van der Waals surface area contributed by atoms with Crippen LogP contribution >= 0.6 is 0 Å². The summed E-state index contributed by atoms with van der Waals surface area (Å²) >= 11 is 0. The molecule has 38 heavy (non-hydrogen) atoms. The van der Waals surface area contributed by atoms with E-state index in [1.165, 1.54) is 52.4 Å². The maximum absolute atomic E-state index is 11.8. The zero-order valence-corrected chi connectivity index (χ0v) is 21.7. The topological polar surface area (TPSA) is 57.2 Å². The molecule has 1 unspecified atom stereocenters. The van der Waals surface area contributed by atoms with Gasteiger partial charge in [0.15, 0.2) is 24.8 Å². The number of alkyl halides is 6. The van der Waals surface area contributed by atoms with Crippen LogP contribution in [0.2, 0.25) is 0 Å². The first-order valence-corrected chi connectivity index (χ1v) is 14.4. The first-order chi connectivity index (χ1) is 17.8. The maximum atomic E-state index is 11.8. The second-order valence-electron chi connectivity index (χ2n) is 8.76. The van der Waals surface area contributed by atoms with Gasteiger partial charge in [-0.3, -0.25) is 0 Å². The van der Waals surface area contributed by atoms with Gasteiger partial charge < -0.3 is 4.55 Å². The molecule has 0 aliphatic heterocycles. The minimum Gasteiger partial charge on any atom is -0.743 e. The number of hydrogen-bond donors (Lipinski definition) is 0. The van der Waals surface area contributed by atoms with Crippen LogP contribution in [-0.4, -0.2) is 30.6 Å². The smallest absolute Gasteiger partial charge is 0.426 e. The van der Waals surface area contributed by atoms with Crippen LogP contribution in [0.15, 0.2) is 99.6 Å². The van der Waals surface area contributed by atoms with Crippen LogP contribution in [0, 0.1) is 0 Å². The van der Waals surface area contributed by atoms with Gasteiger partial charge in [-0.25, -0.2) is 12.8 Å². The Morgan fingerprint density at radius 1 is 0.711 bits per heavy atom. The minimum atomic E-state index is -6.66. The molecular formula is C27H26F6O3S2. The van der Waals surface area contributed by atoms with Gasteiger partial charge in [0.2, 0.25) is 0 Å². The van der Waals surface area contributed by atoms with Crippen molar-refractivity contribution >= 4 is 21.0 Å². The van der Waals surface area contributed by atoms with Crippen molar-refractivity contribution < 1.29 is 39.3 Å². The molecule has 206 valence electrons. The fourth-order valence-electron chi connectivity index (χ4n) is 4.15. The molecule has 0 saturated heterocycles. The van der Waals surface area contributed by atoms with Gasteiger partial charge in [0, 0.05) is 0 Å². The van der Waals surface area contributed by atoms with Crippen molar-refractivity contribution in [2.45, 2.75) is 70.3 Å². The van der Waals surface area contributed by atoms with Crippen LogP contribution in [0.4, 0.5) is 26.3 Å². The Morgan fingerprint density at radius 3 is 1.50 bits per heavy atom. The largest absolute Gasteiger partial charge is 0.743 e. The SMILES string of the molecule is O=S(=O)([O-])C(F)(F)C(F)C(F)(F)F.c1ccc([S+](c2ccccc2)c2ccc(C3CCCCC3)cc2)cc1. The third kappa shape index (κ3) is 7.54. The van der Waals surface area contributed by atoms with Crippen molar-refractivity contribution in [3.8, 4) is 0 Å². The normalized spacial score (nSPS) is 16.0. The molecule has 1 atom stereocenters. The fourth-order valence-corrected chi connectivity index (χ4v) is 6.62. The standard InChI is InChI=1S/C24H25S.C3H2F6O3S/c1-4-10-20(11-5-1)21-16-18-24(19-17-21)25(22-12-6-2-7-13-22)23-14-8-3-9-15-23;4-1(2(5,6)7)3(8,9)13(10,11)12/h2-3,6-9,12-20H,1,4-5,10-11H2;1H,(H,10,11,12)/q+1;/p-1. The molecule has 1 aliphatic rings. The summed E-state index contributed by atoms with van der Waals surface area (Å²) in [6, 6.07) is 31.3. The van der Waals surface area contributed by atoms with E-state index in [9.17, 15) is 39.3 Å². The Balaban J connectivity index is 0.000000263. The molecule has 3 aromatic carbocycles. The van der Waals surface area contributed by atoms with E-state index in [1.807, 2.05) is 0 Å². The Kier molecular flexibility index (Phi) is 9.94. The molecular weight excluding hydrogens is 550 g/mol. The molecule has 4 rings (SSSR count). The minimum absolute atomic E-state index is 0.0278. The maximum Gasteiger partial charge on any atom is 0.426 e. The van der Waals surface area contributed by atoms with E-state index in [2.05, 4.69) is 84.9 Å². The molecule has 0 radical (unpaired) electrons. The Morgan fingerprint density at radius 2 is 1.13 bits per heavy atom. The summed E-state index contributed by atoms with van der Waals surface area (Å²) in [7, 11) is -6.69. The van der Waals surface area contributed by atoms with E-state index in [0.29, 0.717) is 0 Å². The van der Waals surface area contributed by atoms with Gasteiger partial charge in [-0.2, -0.15) is 22.0 Å². The number of halogens is 6. The highest BCUT2D eigenvalue weighted by Crippen LogP contribution is 2.38. The molecule has 1 fully saturated rings. The van der Waals surface area contributed by atoms with Gasteiger partial charge in [-0.15, -0.1) is 0 Å². The van der Waals surface area contributed by atoms with Gasteiger partial charge in [0.05, 0.1) is 10.9 Å². The van der Waals surface area contributed by atoms with Crippen LogP contribution in [0.3, 0.4) is 0 Å². The monoisotopic (exact) mass is 576 g/mol. The average Bonchev–Trinajstić information content (AvgIpc) is 2.90. The summed E-state index contributed by atoms with van der Waals surface area (Å²) in [6.07, 6.45) is -4.18. The average molecular weight is 577 g/mol. The third-order valence-corrected chi connectivity index (χ3v) is 9.17. The molecule has 3 aromatic rings. The second-order valence-corrected chi connectivity index (χ2v) is 12.2. The van der Waals surface area contributed by atoms with E-state index in [-0.39, 0.29) is 10.9 Å². The highest BCUT2D eigenvalue weighted by Gasteiger charge is 2.61. The van der Waals surface area contributed by atoms with E-state index in [0.717, 1.165) is 5.92 Å². The molecule has 0 spiro atoms. The fraction of sp³-hybridized carbons (Fsp3) is 0.333. The molecule has 0 aromatic heterocycles. The van der Waals surface area contributed by atoms with Crippen molar-refractivity contribution in [1.29, 1.82) is 0 Å². The molecule has 1 aliphatic carbocycles. The van der Waals surface area contributed by atoms with Crippen molar-refractivity contribution in [2.24, 2.45) is 0 Å².